The zero-order chi connectivity index (χ0) is 10.8. The van der Waals surface area contributed by atoms with Gasteiger partial charge in [0.2, 0.25) is 0 Å². The highest BCUT2D eigenvalue weighted by Crippen LogP contribution is 2.22. The molecule has 2 rings (SSSR count). The van der Waals surface area contributed by atoms with Crippen molar-refractivity contribution >= 4 is 0 Å². The van der Waals surface area contributed by atoms with Gasteiger partial charge in [-0.05, 0) is 27.3 Å². The molecule has 1 aliphatic rings. The Bertz CT molecular complexity index is 335. The minimum absolute atomic E-state index is 0.380. The molecule has 0 aliphatic carbocycles. The number of imidazole rings is 1. The third-order valence-corrected chi connectivity index (χ3v) is 3.34. The smallest absolute Gasteiger partial charge is 0.0955 e. The van der Waals surface area contributed by atoms with Gasteiger partial charge in [-0.25, -0.2) is 4.98 Å². The second-order valence-corrected chi connectivity index (χ2v) is 4.15. The van der Waals surface area contributed by atoms with Gasteiger partial charge < -0.3 is 14.6 Å². The van der Waals surface area contributed by atoms with Crippen molar-refractivity contribution in [3.63, 3.8) is 0 Å². The van der Waals surface area contributed by atoms with Gasteiger partial charge in [-0.2, -0.15) is 0 Å². The maximum absolute atomic E-state index is 5.54. The van der Waals surface area contributed by atoms with Crippen LogP contribution in [0, 0.1) is 13.8 Å². The van der Waals surface area contributed by atoms with Crippen molar-refractivity contribution in [3.8, 4) is 0 Å². The Morgan fingerprint density at radius 1 is 1.53 bits per heavy atom. The second-order valence-electron chi connectivity index (χ2n) is 4.15. The lowest BCUT2D eigenvalue weighted by Crippen LogP contribution is -2.42. The molecule has 0 bridgehead atoms. The topological polar surface area (TPSA) is 39.1 Å². The Morgan fingerprint density at radius 3 is 2.93 bits per heavy atom. The molecule has 1 aromatic heterocycles. The number of hydrogen-bond acceptors (Lipinski definition) is 3. The first-order valence-electron chi connectivity index (χ1n) is 5.49. The van der Waals surface area contributed by atoms with Crippen LogP contribution in [-0.2, 0) is 4.74 Å². The van der Waals surface area contributed by atoms with Gasteiger partial charge in [-0.3, -0.25) is 0 Å². The van der Waals surface area contributed by atoms with Gasteiger partial charge in [0.1, 0.15) is 0 Å². The number of hydrogen-bond donors (Lipinski definition) is 1. The molecule has 0 amide bonds. The Kier molecular flexibility index (Phi) is 3.07. The molecule has 1 aliphatic heterocycles. The van der Waals surface area contributed by atoms with Gasteiger partial charge in [0, 0.05) is 18.3 Å². The molecular weight excluding hydrogens is 190 g/mol. The van der Waals surface area contributed by atoms with Gasteiger partial charge >= 0.3 is 0 Å². The standard InChI is InChI=1S/C11H19N3O/c1-8-9(2)14(7-13-8)11-6-15-5-4-10(11)12-3/h7,10-12H,4-6H2,1-3H3. The fourth-order valence-corrected chi connectivity index (χ4v) is 2.18. The summed E-state index contributed by atoms with van der Waals surface area (Å²) in [6.07, 6.45) is 2.99. The Labute approximate surface area is 90.6 Å². The van der Waals surface area contributed by atoms with E-state index in [1.807, 2.05) is 20.3 Å². The fourth-order valence-electron chi connectivity index (χ4n) is 2.18. The van der Waals surface area contributed by atoms with E-state index in [1.165, 1.54) is 5.69 Å². The number of ether oxygens (including phenoxy) is 1. The van der Waals surface area contributed by atoms with Crippen LogP contribution in [0.1, 0.15) is 23.9 Å². The van der Waals surface area contributed by atoms with Gasteiger partial charge in [-0.1, -0.05) is 0 Å². The molecular formula is C11H19N3O. The Morgan fingerprint density at radius 2 is 2.33 bits per heavy atom. The van der Waals surface area contributed by atoms with Gasteiger partial charge in [-0.15, -0.1) is 0 Å². The van der Waals surface area contributed by atoms with E-state index in [2.05, 4.69) is 21.8 Å². The molecule has 1 saturated heterocycles. The lowest BCUT2D eigenvalue weighted by Gasteiger charge is -2.32. The SMILES string of the molecule is CNC1CCOCC1n1cnc(C)c1C. The summed E-state index contributed by atoms with van der Waals surface area (Å²) in [6.45, 7) is 5.80. The van der Waals surface area contributed by atoms with Crippen molar-refractivity contribution < 1.29 is 4.74 Å². The van der Waals surface area contributed by atoms with Crippen LogP contribution in [-0.4, -0.2) is 35.9 Å². The first-order valence-corrected chi connectivity index (χ1v) is 5.49. The molecule has 1 N–H and O–H groups in total. The molecule has 84 valence electrons. The summed E-state index contributed by atoms with van der Waals surface area (Å²) < 4.78 is 7.78. The average Bonchev–Trinajstić information content (AvgIpc) is 2.60. The van der Waals surface area contributed by atoms with Gasteiger partial charge in [0.05, 0.1) is 24.7 Å². The number of likely N-dealkylation sites (N-methyl/N-ethyl adjacent to an activating group) is 1. The first kappa shape index (κ1) is 10.6. The number of rotatable bonds is 2. The van der Waals surface area contributed by atoms with Crippen LogP contribution in [0.4, 0.5) is 0 Å². The minimum atomic E-state index is 0.380. The van der Waals surface area contributed by atoms with Crippen molar-refractivity contribution in [1.82, 2.24) is 14.9 Å². The number of aryl methyl sites for hydroxylation is 1. The fraction of sp³-hybridized carbons (Fsp3) is 0.727. The molecule has 2 heterocycles. The largest absolute Gasteiger partial charge is 0.379 e. The summed E-state index contributed by atoms with van der Waals surface area (Å²) in [7, 11) is 2.02. The second kappa shape index (κ2) is 4.33. The Balaban J connectivity index is 2.24. The van der Waals surface area contributed by atoms with Crippen molar-refractivity contribution in [2.24, 2.45) is 0 Å². The molecule has 4 nitrogen and oxygen atoms in total. The normalized spacial score (nSPS) is 26.9. The lowest BCUT2D eigenvalue weighted by molar-refractivity contribution is 0.0383. The predicted octanol–water partition coefficient (Wildman–Crippen LogP) is 1.05. The molecule has 0 radical (unpaired) electrons. The van der Waals surface area contributed by atoms with E-state index >= 15 is 0 Å². The zero-order valence-corrected chi connectivity index (χ0v) is 9.66. The molecule has 0 spiro atoms. The van der Waals surface area contributed by atoms with Crippen molar-refractivity contribution in [3.05, 3.63) is 17.7 Å². The molecule has 1 fully saturated rings. The summed E-state index contributed by atoms with van der Waals surface area (Å²) in [5, 5.41) is 3.36. The third kappa shape index (κ3) is 1.92. The molecule has 0 aromatic carbocycles. The van der Waals surface area contributed by atoms with Crippen LogP contribution < -0.4 is 5.32 Å². The van der Waals surface area contributed by atoms with E-state index < -0.39 is 0 Å². The third-order valence-electron chi connectivity index (χ3n) is 3.34. The lowest BCUT2D eigenvalue weighted by atomic mass is 10.0. The summed E-state index contributed by atoms with van der Waals surface area (Å²) in [5.41, 5.74) is 2.35. The highest BCUT2D eigenvalue weighted by Gasteiger charge is 2.26. The van der Waals surface area contributed by atoms with Crippen molar-refractivity contribution in [1.29, 1.82) is 0 Å². The van der Waals surface area contributed by atoms with Crippen LogP contribution in [0.15, 0.2) is 6.33 Å². The van der Waals surface area contributed by atoms with Crippen molar-refractivity contribution in [2.75, 3.05) is 20.3 Å². The molecule has 1 aromatic rings. The zero-order valence-electron chi connectivity index (χ0n) is 9.66. The van der Waals surface area contributed by atoms with Crippen LogP contribution >= 0.6 is 0 Å². The summed E-state index contributed by atoms with van der Waals surface area (Å²) in [6, 6.07) is 0.871. The van der Waals surface area contributed by atoms with Gasteiger partial charge in [0.25, 0.3) is 0 Å². The maximum atomic E-state index is 5.54. The van der Waals surface area contributed by atoms with Crippen molar-refractivity contribution in [2.45, 2.75) is 32.4 Å². The summed E-state index contributed by atoms with van der Waals surface area (Å²) in [4.78, 5) is 4.34. The first-order chi connectivity index (χ1) is 7.24. The van der Waals surface area contributed by atoms with Crippen LogP contribution in [0.3, 0.4) is 0 Å². The quantitative estimate of drug-likeness (QED) is 0.791. The number of nitrogens with one attached hydrogen (secondary N) is 1. The highest BCUT2D eigenvalue weighted by atomic mass is 16.5. The van der Waals surface area contributed by atoms with Crippen LogP contribution in [0.5, 0.6) is 0 Å². The van der Waals surface area contributed by atoms with E-state index in [1.54, 1.807) is 0 Å². The van der Waals surface area contributed by atoms with E-state index in [0.29, 0.717) is 12.1 Å². The Hall–Kier alpha value is -0.870. The molecule has 0 saturated carbocycles. The predicted molar refractivity (Wildman–Crippen MR) is 59.0 cm³/mol. The monoisotopic (exact) mass is 209 g/mol. The summed E-state index contributed by atoms with van der Waals surface area (Å²) in [5.74, 6) is 0. The van der Waals surface area contributed by atoms with Crippen LogP contribution in [0.25, 0.3) is 0 Å². The minimum Gasteiger partial charge on any atom is -0.379 e. The number of nitrogens with zero attached hydrogens (tertiary/aromatic N) is 2. The van der Waals surface area contributed by atoms with E-state index in [9.17, 15) is 0 Å². The number of aromatic nitrogens is 2. The molecule has 4 heteroatoms. The van der Waals surface area contributed by atoms with Gasteiger partial charge in [0.15, 0.2) is 0 Å². The molecule has 2 unspecified atom stereocenters. The van der Waals surface area contributed by atoms with E-state index in [0.717, 1.165) is 25.3 Å². The highest BCUT2D eigenvalue weighted by molar-refractivity contribution is 5.11. The average molecular weight is 209 g/mol. The molecule has 15 heavy (non-hydrogen) atoms. The summed E-state index contributed by atoms with van der Waals surface area (Å²) >= 11 is 0. The van der Waals surface area contributed by atoms with E-state index in [4.69, 9.17) is 4.74 Å². The molecule has 2 atom stereocenters. The van der Waals surface area contributed by atoms with E-state index in [-0.39, 0.29) is 0 Å². The van der Waals surface area contributed by atoms with Crippen LogP contribution in [0.2, 0.25) is 0 Å². The maximum Gasteiger partial charge on any atom is 0.0955 e.